The zero-order valence-corrected chi connectivity index (χ0v) is 16.0. The maximum Gasteiger partial charge on any atom is 0.417 e. The van der Waals surface area contributed by atoms with Crippen LogP contribution in [-0.2, 0) is 18.0 Å². The van der Waals surface area contributed by atoms with Crippen LogP contribution in [0.25, 0.3) is 0 Å². The second-order valence-electron chi connectivity index (χ2n) is 6.80. The topological polar surface area (TPSA) is 74.4 Å². The normalized spacial score (nSPS) is 17.3. The molecule has 0 radical (unpaired) electrons. The number of benzene rings is 1. The minimum Gasteiger partial charge on any atom is -0.382 e. The molecule has 7 nitrogen and oxygen atoms in total. The summed E-state index contributed by atoms with van der Waals surface area (Å²) >= 11 is 0. The van der Waals surface area contributed by atoms with Gasteiger partial charge in [-0.3, -0.25) is 9.48 Å². The van der Waals surface area contributed by atoms with E-state index >= 15 is 0 Å². The first-order valence-electron chi connectivity index (χ1n) is 8.89. The molecule has 29 heavy (non-hydrogen) atoms. The average molecular weight is 407 g/mol. The van der Waals surface area contributed by atoms with Crippen molar-refractivity contribution in [1.82, 2.24) is 14.7 Å². The van der Waals surface area contributed by atoms with E-state index in [0.717, 1.165) is 6.07 Å². The number of carbonyl (C=O) groups is 1. The molecule has 0 spiro atoms. The molecule has 1 amide bonds. The first kappa shape index (κ1) is 20.7. The molecular formula is C19H20F3N5O2. The number of carbonyl (C=O) groups excluding carboxylic acids is 1. The van der Waals surface area contributed by atoms with Crippen LogP contribution in [0.2, 0.25) is 0 Å². The number of anilines is 1. The molecule has 154 valence electrons. The second kappa shape index (κ2) is 8.13. The van der Waals surface area contributed by atoms with Gasteiger partial charge in [-0.1, -0.05) is 0 Å². The lowest BCUT2D eigenvalue weighted by Crippen LogP contribution is -2.57. The predicted octanol–water partition coefficient (Wildman–Crippen LogP) is 2.29. The number of hydrogen-bond donors (Lipinski definition) is 0. The van der Waals surface area contributed by atoms with Gasteiger partial charge in [-0.15, -0.1) is 0 Å². The van der Waals surface area contributed by atoms with Crippen LogP contribution in [0, 0.1) is 11.3 Å². The summed E-state index contributed by atoms with van der Waals surface area (Å²) < 4.78 is 46.6. The van der Waals surface area contributed by atoms with Crippen molar-refractivity contribution in [1.29, 1.82) is 5.26 Å². The molecule has 1 aliphatic heterocycles. The maximum atomic E-state index is 13.3. The Balaban J connectivity index is 1.84. The van der Waals surface area contributed by atoms with Gasteiger partial charge >= 0.3 is 6.18 Å². The van der Waals surface area contributed by atoms with Crippen LogP contribution in [0.5, 0.6) is 0 Å². The smallest absolute Gasteiger partial charge is 0.382 e. The summed E-state index contributed by atoms with van der Waals surface area (Å²) in [6.07, 6.45) is -1.52. The van der Waals surface area contributed by atoms with E-state index in [-0.39, 0.29) is 18.6 Å². The molecule has 1 aromatic heterocycles. The van der Waals surface area contributed by atoms with Crippen LogP contribution in [-0.4, -0.2) is 60.0 Å². The van der Waals surface area contributed by atoms with Crippen LogP contribution in [0.4, 0.5) is 18.9 Å². The molecule has 0 N–H and O–H groups in total. The fourth-order valence-corrected chi connectivity index (χ4v) is 3.45. The Morgan fingerprint density at radius 2 is 2.14 bits per heavy atom. The Morgan fingerprint density at radius 1 is 1.38 bits per heavy atom. The van der Waals surface area contributed by atoms with Gasteiger partial charge < -0.3 is 14.5 Å². The summed E-state index contributed by atoms with van der Waals surface area (Å²) in [5.74, 6) is -0.199. The number of aromatic nitrogens is 2. The maximum absolute atomic E-state index is 13.3. The summed E-state index contributed by atoms with van der Waals surface area (Å²) in [5, 5.41) is 13.0. The third-order valence-corrected chi connectivity index (χ3v) is 4.85. The van der Waals surface area contributed by atoms with Gasteiger partial charge in [0.25, 0.3) is 5.91 Å². The molecule has 1 aliphatic rings. The van der Waals surface area contributed by atoms with Crippen molar-refractivity contribution >= 4 is 11.6 Å². The predicted molar refractivity (Wildman–Crippen MR) is 98.3 cm³/mol. The van der Waals surface area contributed by atoms with Gasteiger partial charge in [0, 0.05) is 45.7 Å². The lowest BCUT2D eigenvalue weighted by Gasteiger charge is -2.42. The van der Waals surface area contributed by atoms with Gasteiger partial charge in [0.05, 0.1) is 41.6 Å². The van der Waals surface area contributed by atoms with E-state index in [9.17, 15) is 18.0 Å². The number of hydrogen-bond acceptors (Lipinski definition) is 5. The number of nitrogens with zero attached hydrogens (tertiary/aromatic N) is 5. The lowest BCUT2D eigenvalue weighted by atomic mass is 10.0. The zero-order valence-electron chi connectivity index (χ0n) is 16.0. The number of ether oxygens (including phenoxy) is 1. The molecule has 0 aliphatic carbocycles. The highest BCUT2D eigenvalue weighted by atomic mass is 19.4. The molecule has 2 aromatic rings. The fraction of sp³-hybridized carbons (Fsp3) is 0.421. The summed E-state index contributed by atoms with van der Waals surface area (Å²) in [6, 6.07) is 4.90. The summed E-state index contributed by atoms with van der Waals surface area (Å²) in [6.45, 7) is 1.23. The molecule has 3 rings (SSSR count). The zero-order chi connectivity index (χ0) is 21.2. The minimum absolute atomic E-state index is 0.199. The second-order valence-corrected chi connectivity index (χ2v) is 6.80. The first-order valence-corrected chi connectivity index (χ1v) is 8.89. The Morgan fingerprint density at radius 3 is 2.72 bits per heavy atom. The van der Waals surface area contributed by atoms with Gasteiger partial charge in [-0.05, 0) is 18.2 Å². The molecule has 1 saturated heterocycles. The highest BCUT2D eigenvalue weighted by molar-refractivity contribution is 5.94. The quantitative estimate of drug-likeness (QED) is 0.778. The van der Waals surface area contributed by atoms with E-state index in [0.29, 0.717) is 30.9 Å². The SMILES string of the molecule is COCC1CN(c2ccc(C#N)c(C(F)(F)F)c2)CCN1C(=O)c1cnn(C)c1. The number of halogens is 3. The number of nitriles is 1. The Hall–Kier alpha value is -3.06. The van der Waals surface area contributed by atoms with E-state index in [4.69, 9.17) is 10.00 Å². The van der Waals surface area contributed by atoms with E-state index in [1.165, 1.54) is 30.1 Å². The van der Waals surface area contributed by atoms with E-state index in [2.05, 4.69) is 5.10 Å². The summed E-state index contributed by atoms with van der Waals surface area (Å²) in [5.41, 5.74) is -0.583. The van der Waals surface area contributed by atoms with Gasteiger partial charge in [0.15, 0.2) is 0 Å². The summed E-state index contributed by atoms with van der Waals surface area (Å²) in [4.78, 5) is 16.3. The van der Waals surface area contributed by atoms with Crippen molar-refractivity contribution in [3.63, 3.8) is 0 Å². The first-order chi connectivity index (χ1) is 13.7. The number of methoxy groups -OCH3 is 1. The Bertz CT molecular complexity index is 935. The fourth-order valence-electron chi connectivity index (χ4n) is 3.45. The Kier molecular flexibility index (Phi) is 5.79. The minimum atomic E-state index is -4.62. The van der Waals surface area contributed by atoms with E-state index < -0.39 is 17.3 Å². The number of rotatable bonds is 4. The van der Waals surface area contributed by atoms with Crippen molar-refractivity contribution < 1.29 is 22.7 Å². The van der Waals surface area contributed by atoms with Crippen LogP contribution >= 0.6 is 0 Å². The number of piperazine rings is 1. The highest BCUT2D eigenvalue weighted by Gasteiger charge is 2.36. The molecule has 2 heterocycles. The molecular weight excluding hydrogens is 387 g/mol. The Labute approximate surface area is 165 Å². The largest absolute Gasteiger partial charge is 0.417 e. The van der Waals surface area contributed by atoms with Crippen molar-refractivity contribution in [3.8, 4) is 6.07 Å². The van der Waals surface area contributed by atoms with Gasteiger partial charge in [-0.2, -0.15) is 23.5 Å². The van der Waals surface area contributed by atoms with E-state index in [1.54, 1.807) is 29.1 Å². The molecule has 0 bridgehead atoms. The van der Waals surface area contributed by atoms with Crippen LogP contribution in [0.15, 0.2) is 30.6 Å². The molecule has 10 heteroatoms. The third kappa shape index (κ3) is 4.35. The molecule has 1 unspecified atom stereocenters. The molecule has 1 atom stereocenters. The van der Waals surface area contributed by atoms with E-state index in [1.807, 2.05) is 0 Å². The lowest BCUT2D eigenvalue weighted by molar-refractivity contribution is -0.137. The van der Waals surface area contributed by atoms with Crippen LogP contribution in [0.3, 0.4) is 0 Å². The number of aryl methyl sites for hydroxylation is 1. The standard InChI is InChI=1S/C19H20F3N5O2/c1-25-10-14(9-24-25)18(28)27-6-5-26(11-16(27)12-29-2)15-4-3-13(8-23)17(7-15)19(20,21)22/h3-4,7,9-10,16H,5-6,11-12H2,1-2H3. The average Bonchev–Trinajstić information content (AvgIpc) is 3.13. The molecule has 1 fully saturated rings. The van der Waals surface area contributed by atoms with Gasteiger partial charge in [0.1, 0.15) is 0 Å². The third-order valence-electron chi connectivity index (χ3n) is 4.85. The van der Waals surface area contributed by atoms with Crippen molar-refractivity contribution in [3.05, 3.63) is 47.3 Å². The monoisotopic (exact) mass is 407 g/mol. The number of amides is 1. The number of alkyl halides is 3. The highest BCUT2D eigenvalue weighted by Crippen LogP contribution is 2.35. The van der Waals surface area contributed by atoms with Gasteiger partial charge in [0.2, 0.25) is 0 Å². The molecule has 1 aromatic carbocycles. The van der Waals surface area contributed by atoms with Crippen molar-refractivity contribution in [2.45, 2.75) is 12.2 Å². The van der Waals surface area contributed by atoms with Crippen molar-refractivity contribution in [2.24, 2.45) is 7.05 Å². The van der Waals surface area contributed by atoms with Crippen LogP contribution in [0.1, 0.15) is 21.5 Å². The van der Waals surface area contributed by atoms with Crippen LogP contribution < -0.4 is 4.90 Å². The van der Waals surface area contributed by atoms with Crippen molar-refractivity contribution in [2.75, 3.05) is 38.3 Å². The van der Waals surface area contributed by atoms with Gasteiger partial charge in [-0.25, -0.2) is 0 Å². The molecule has 0 saturated carbocycles. The summed E-state index contributed by atoms with van der Waals surface area (Å²) in [7, 11) is 3.22.